The van der Waals surface area contributed by atoms with Gasteiger partial charge in [-0.25, -0.2) is 0 Å². The quantitative estimate of drug-likeness (QED) is 0.658. The van der Waals surface area contributed by atoms with Crippen molar-refractivity contribution in [3.8, 4) is 11.5 Å². The van der Waals surface area contributed by atoms with Gasteiger partial charge in [0.25, 0.3) is 0 Å². The first-order valence-electron chi connectivity index (χ1n) is 11.2. The van der Waals surface area contributed by atoms with E-state index in [0.29, 0.717) is 35.2 Å². The van der Waals surface area contributed by atoms with E-state index >= 15 is 0 Å². The molecule has 1 amide bonds. The van der Waals surface area contributed by atoms with Gasteiger partial charge in [-0.2, -0.15) is 0 Å². The average molecular weight is 459 g/mol. The Morgan fingerprint density at radius 1 is 1.12 bits per heavy atom. The lowest BCUT2D eigenvalue weighted by molar-refractivity contribution is -0.135. The molecule has 1 aliphatic carbocycles. The van der Waals surface area contributed by atoms with Crippen molar-refractivity contribution >= 4 is 23.2 Å². The summed E-state index contributed by atoms with van der Waals surface area (Å²) in [5, 5.41) is 15.1. The molecule has 0 spiro atoms. The van der Waals surface area contributed by atoms with Crippen LogP contribution in [0.2, 0.25) is 5.02 Å². The molecular weight excluding hydrogens is 428 g/mol. The number of piperidine rings is 1. The molecule has 3 atom stereocenters. The Morgan fingerprint density at radius 2 is 1.88 bits per heavy atom. The number of aliphatic hydroxyl groups is 1. The van der Waals surface area contributed by atoms with Gasteiger partial charge < -0.3 is 19.9 Å². The maximum Gasteiger partial charge on any atom is 0.238 e. The van der Waals surface area contributed by atoms with Gasteiger partial charge in [0.1, 0.15) is 0 Å². The lowest BCUT2D eigenvalue weighted by Gasteiger charge is -2.52. The largest absolute Gasteiger partial charge is 0.493 e. The van der Waals surface area contributed by atoms with Crippen molar-refractivity contribution in [1.29, 1.82) is 0 Å². The van der Waals surface area contributed by atoms with Crippen LogP contribution in [-0.4, -0.2) is 48.8 Å². The highest BCUT2D eigenvalue weighted by atomic mass is 35.5. The first-order valence-corrected chi connectivity index (χ1v) is 11.5. The number of amides is 1. The smallest absolute Gasteiger partial charge is 0.238 e. The van der Waals surface area contributed by atoms with Crippen molar-refractivity contribution in [2.75, 3.05) is 32.6 Å². The molecule has 32 heavy (non-hydrogen) atoms. The Morgan fingerprint density at radius 3 is 2.59 bits per heavy atom. The van der Waals surface area contributed by atoms with Gasteiger partial charge >= 0.3 is 0 Å². The third kappa shape index (κ3) is 4.72. The van der Waals surface area contributed by atoms with Gasteiger partial charge in [0.2, 0.25) is 5.91 Å². The van der Waals surface area contributed by atoms with Crippen LogP contribution in [0.4, 0.5) is 5.69 Å². The maximum atomic E-state index is 12.9. The number of carbonyl (C=O) groups is 1. The topological polar surface area (TPSA) is 71.0 Å². The van der Waals surface area contributed by atoms with Gasteiger partial charge in [-0.3, -0.25) is 9.69 Å². The second-order valence-corrected chi connectivity index (χ2v) is 9.23. The first-order chi connectivity index (χ1) is 15.4. The van der Waals surface area contributed by atoms with Crippen LogP contribution in [0.25, 0.3) is 0 Å². The molecule has 0 bridgehead atoms. The van der Waals surface area contributed by atoms with Crippen molar-refractivity contribution in [3.63, 3.8) is 0 Å². The zero-order chi connectivity index (χ0) is 22.7. The van der Waals surface area contributed by atoms with E-state index in [2.05, 4.69) is 10.2 Å². The number of rotatable bonds is 6. The number of ether oxygens (including phenoxy) is 2. The third-order valence-corrected chi connectivity index (χ3v) is 7.15. The molecule has 1 saturated carbocycles. The molecule has 2 fully saturated rings. The average Bonchev–Trinajstić information content (AvgIpc) is 2.80. The van der Waals surface area contributed by atoms with E-state index in [4.69, 9.17) is 21.1 Å². The number of benzene rings is 2. The van der Waals surface area contributed by atoms with Crippen molar-refractivity contribution in [2.24, 2.45) is 5.92 Å². The Labute approximate surface area is 194 Å². The second-order valence-electron chi connectivity index (χ2n) is 8.79. The van der Waals surface area contributed by atoms with E-state index in [1.165, 1.54) is 0 Å². The zero-order valence-electron chi connectivity index (χ0n) is 18.6. The SMILES string of the molecule is COc1ccc([C@@H]2[C@H]3CCCC[C@]3(O)CCN2CC(=O)Nc2ccc(Cl)cc2)cc1OC. The fourth-order valence-electron chi connectivity index (χ4n) is 5.32. The Bertz CT molecular complexity index is 951. The molecule has 6 nitrogen and oxygen atoms in total. The van der Waals surface area contributed by atoms with Crippen LogP contribution in [0, 0.1) is 5.92 Å². The van der Waals surface area contributed by atoms with E-state index in [-0.39, 0.29) is 24.4 Å². The second kappa shape index (κ2) is 9.69. The summed E-state index contributed by atoms with van der Waals surface area (Å²) in [6.45, 7) is 0.897. The van der Waals surface area contributed by atoms with Gasteiger partial charge in [0, 0.05) is 29.2 Å². The number of hydrogen-bond donors (Lipinski definition) is 2. The summed E-state index contributed by atoms with van der Waals surface area (Å²) in [4.78, 5) is 15.1. The molecule has 172 valence electrons. The summed E-state index contributed by atoms with van der Waals surface area (Å²) in [6.07, 6.45) is 4.55. The molecule has 1 aliphatic heterocycles. The fraction of sp³-hybridized carbons (Fsp3) is 0.480. The first kappa shape index (κ1) is 22.9. The molecule has 1 saturated heterocycles. The number of nitrogens with zero attached hydrogens (tertiary/aromatic N) is 1. The van der Waals surface area contributed by atoms with E-state index in [1.807, 2.05) is 18.2 Å². The lowest BCUT2D eigenvalue weighted by Crippen LogP contribution is -2.56. The Balaban J connectivity index is 1.61. The summed E-state index contributed by atoms with van der Waals surface area (Å²) >= 11 is 5.95. The molecule has 2 aromatic carbocycles. The van der Waals surface area contributed by atoms with Gasteiger partial charge in [0.05, 0.1) is 26.4 Å². The van der Waals surface area contributed by atoms with Gasteiger partial charge in [0.15, 0.2) is 11.5 Å². The highest BCUT2D eigenvalue weighted by Gasteiger charge is 2.49. The van der Waals surface area contributed by atoms with Crippen LogP contribution in [0.15, 0.2) is 42.5 Å². The maximum absolute atomic E-state index is 12.9. The summed E-state index contributed by atoms with van der Waals surface area (Å²) < 4.78 is 10.9. The van der Waals surface area contributed by atoms with Gasteiger partial charge in [-0.15, -0.1) is 0 Å². The predicted octanol–water partition coefficient (Wildman–Crippen LogP) is 4.66. The molecule has 2 N–H and O–H groups in total. The number of carbonyl (C=O) groups excluding carboxylic acids is 1. The summed E-state index contributed by atoms with van der Waals surface area (Å²) in [5.74, 6) is 1.30. The minimum atomic E-state index is -0.695. The number of likely N-dealkylation sites (tertiary alicyclic amines) is 1. The van der Waals surface area contributed by atoms with Crippen LogP contribution in [0.3, 0.4) is 0 Å². The molecule has 0 aromatic heterocycles. The van der Waals surface area contributed by atoms with Crippen LogP contribution in [-0.2, 0) is 4.79 Å². The van der Waals surface area contributed by atoms with Crippen LogP contribution in [0.1, 0.15) is 43.7 Å². The number of fused-ring (bicyclic) bond motifs is 1. The molecule has 4 rings (SSSR count). The lowest BCUT2D eigenvalue weighted by atomic mass is 9.66. The molecule has 7 heteroatoms. The minimum absolute atomic E-state index is 0.0615. The minimum Gasteiger partial charge on any atom is -0.493 e. The highest BCUT2D eigenvalue weighted by Crippen LogP contribution is 2.50. The van der Waals surface area contributed by atoms with Crippen molar-refractivity contribution in [3.05, 3.63) is 53.1 Å². The Kier molecular flexibility index (Phi) is 6.93. The monoisotopic (exact) mass is 458 g/mol. The zero-order valence-corrected chi connectivity index (χ0v) is 19.4. The van der Waals surface area contributed by atoms with Crippen LogP contribution < -0.4 is 14.8 Å². The van der Waals surface area contributed by atoms with Gasteiger partial charge in [-0.1, -0.05) is 30.5 Å². The van der Waals surface area contributed by atoms with Crippen LogP contribution in [0.5, 0.6) is 11.5 Å². The Hall–Kier alpha value is -2.28. The van der Waals surface area contributed by atoms with Crippen molar-refractivity contribution in [1.82, 2.24) is 4.90 Å². The summed E-state index contributed by atoms with van der Waals surface area (Å²) in [7, 11) is 3.24. The fourth-order valence-corrected chi connectivity index (χ4v) is 5.44. The number of anilines is 1. The number of halogens is 1. The van der Waals surface area contributed by atoms with E-state index < -0.39 is 5.60 Å². The molecule has 0 radical (unpaired) electrons. The van der Waals surface area contributed by atoms with Crippen LogP contribution >= 0.6 is 11.6 Å². The number of methoxy groups -OCH3 is 2. The molecular formula is C25H31ClN2O4. The number of hydrogen-bond acceptors (Lipinski definition) is 5. The van der Waals surface area contributed by atoms with E-state index in [0.717, 1.165) is 31.2 Å². The standard InChI is InChI=1S/C25H31ClN2O4/c1-31-21-11-6-17(15-22(21)32-2)24-20-5-3-4-12-25(20,30)13-14-28(24)16-23(29)27-19-9-7-18(26)8-10-19/h6-11,15,20,24,30H,3-5,12-14,16H2,1-2H3,(H,27,29)/t20-,24-,25+/m1/s1. The molecule has 2 aliphatic rings. The van der Waals surface area contributed by atoms with E-state index in [1.54, 1.807) is 38.5 Å². The normalized spacial score (nSPS) is 25.6. The summed E-state index contributed by atoms with van der Waals surface area (Å²) in [5.41, 5.74) is 1.05. The number of nitrogens with one attached hydrogen (secondary N) is 1. The molecule has 1 heterocycles. The molecule has 2 aromatic rings. The van der Waals surface area contributed by atoms with Crippen molar-refractivity contribution < 1.29 is 19.4 Å². The molecule has 0 unspecified atom stereocenters. The van der Waals surface area contributed by atoms with Gasteiger partial charge in [-0.05, 0) is 61.2 Å². The summed E-state index contributed by atoms with van der Waals surface area (Å²) in [6, 6.07) is 12.9. The van der Waals surface area contributed by atoms with Crippen molar-refractivity contribution in [2.45, 2.75) is 43.7 Å². The third-order valence-electron chi connectivity index (χ3n) is 6.90. The predicted molar refractivity (Wildman–Crippen MR) is 125 cm³/mol. The van der Waals surface area contributed by atoms with E-state index in [9.17, 15) is 9.90 Å². The highest BCUT2D eigenvalue weighted by molar-refractivity contribution is 6.30.